The number of nitrogens with one attached hydrogen (secondary N) is 1. The molecule has 5 unspecified atom stereocenters. The zero-order valence-corrected chi connectivity index (χ0v) is 13.1. The molecular weight excluding hydrogens is 256 g/mol. The Labute approximate surface area is 127 Å². The molecule has 3 aliphatic carbocycles. The van der Waals surface area contributed by atoms with Crippen LogP contribution in [-0.2, 0) is 5.66 Å². The van der Waals surface area contributed by atoms with Gasteiger partial charge in [0.2, 0.25) is 0 Å². The SMILES string of the molecule is CNC1(N)C2=CC3C(C=C2c2ccccc21)CC(C)C3C. The van der Waals surface area contributed by atoms with Crippen molar-refractivity contribution in [3.63, 3.8) is 0 Å². The Kier molecular flexibility index (Phi) is 2.73. The lowest BCUT2D eigenvalue weighted by molar-refractivity contribution is 0.386. The Balaban J connectivity index is 1.91. The Bertz CT molecular complexity index is 657. The molecule has 3 aliphatic rings. The number of benzene rings is 1. The highest BCUT2D eigenvalue weighted by Crippen LogP contribution is 2.54. The maximum absolute atomic E-state index is 6.77. The van der Waals surface area contributed by atoms with E-state index >= 15 is 0 Å². The number of fused-ring (bicyclic) bond motifs is 4. The lowest BCUT2D eigenvalue weighted by Gasteiger charge is -2.31. The van der Waals surface area contributed by atoms with Gasteiger partial charge in [-0.1, -0.05) is 50.3 Å². The number of nitrogens with two attached hydrogens (primary N) is 1. The van der Waals surface area contributed by atoms with Crippen LogP contribution in [0.2, 0.25) is 0 Å². The Morgan fingerprint density at radius 2 is 1.95 bits per heavy atom. The molecule has 1 saturated carbocycles. The van der Waals surface area contributed by atoms with Crippen LogP contribution in [0.1, 0.15) is 31.4 Å². The van der Waals surface area contributed by atoms with E-state index in [0.29, 0.717) is 11.8 Å². The van der Waals surface area contributed by atoms with E-state index in [-0.39, 0.29) is 0 Å². The van der Waals surface area contributed by atoms with Gasteiger partial charge in [-0.2, -0.15) is 0 Å². The molecule has 1 aromatic rings. The van der Waals surface area contributed by atoms with Gasteiger partial charge in [0.05, 0.1) is 0 Å². The number of likely N-dealkylation sites (N-methyl/N-ethyl adjacent to an activating group) is 1. The lowest BCUT2D eigenvalue weighted by atomic mass is 9.79. The highest BCUT2D eigenvalue weighted by molar-refractivity contribution is 5.90. The molecule has 0 amide bonds. The summed E-state index contributed by atoms with van der Waals surface area (Å²) in [5.74, 6) is 2.86. The van der Waals surface area contributed by atoms with Crippen LogP contribution in [0.5, 0.6) is 0 Å². The van der Waals surface area contributed by atoms with Crippen LogP contribution in [0, 0.1) is 23.7 Å². The Hall–Kier alpha value is -1.38. The summed E-state index contributed by atoms with van der Waals surface area (Å²) < 4.78 is 0. The van der Waals surface area contributed by atoms with Gasteiger partial charge in [0.1, 0.15) is 5.66 Å². The topological polar surface area (TPSA) is 38.0 Å². The molecule has 0 bridgehead atoms. The molecule has 0 aliphatic heterocycles. The van der Waals surface area contributed by atoms with Gasteiger partial charge in [0, 0.05) is 0 Å². The molecule has 0 aromatic heterocycles. The third kappa shape index (κ3) is 1.60. The molecule has 2 nitrogen and oxygen atoms in total. The molecule has 21 heavy (non-hydrogen) atoms. The Morgan fingerprint density at radius 1 is 1.19 bits per heavy atom. The van der Waals surface area contributed by atoms with E-state index in [1.807, 2.05) is 7.05 Å². The van der Waals surface area contributed by atoms with Gasteiger partial charge in [0.15, 0.2) is 0 Å². The molecular formula is C19H24N2. The molecule has 4 rings (SSSR count). The summed E-state index contributed by atoms with van der Waals surface area (Å²) in [4.78, 5) is 0. The fourth-order valence-electron chi connectivity index (χ4n) is 4.67. The number of rotatable bonds is 1. The van der Waals surface area contributed by atoms with E-state index in [4.69, 9.17) is 5.73 Å². The average molecular weight is 280 g/mol. The lowest BCUT2D eigenvalue weighted by Crippen LogP contribution is -2.48. The van der Waals surface area contributed by atoms with E-state index in [0.717, 1.165) is 11.8 Å². The van der Waals surface area contributed by atoms with Crippen molar-refractivity contribution in [3.05, 3.63) is 53.1 Å². The third-order valence-electron chi connectivity index (χ3n) is 6.13. The van der Waals surface area contributed by atoms with Crippen LogP contribution >= 0.6 is 0 Å². The molecule has 0 heterocycles. The second-order valence-corrected chi connectivity index (χ2v) is 7.08. The zero-order valence-electron chi connectivity index (χ0n) is 13.1. The van der Waals surface area contributed by atoms with Crippen LogP contribution in [0.15, 0.2) is 42.0 Å². The normalized spacial score (nSPS) is 40.2. The number of hydrogen-bond acceptors (Lipinski definition) is 2. The average Bonchev–Trinajstić information content (AvgIpc) is 2.92. The molecule has 0 saturated heterocycles. The Morgan fingerprint density at radius 3 is 2.71 bits per heavy atom. The summed E-state index contributed by atoms with van der Waals surface area (Å²) in [6.07, 6.45) is 6.29. The third-order valence-corrected chi connectivity index (χ3v) is 6.13. The van der Waals surface area contributed by atoms with Crippen LogP contribution in [0.25, 0.3) is 5.57 Å². The van der Waals surface area contributed by atoms with Crippen molar-refractivity contribution in [1.29, 1.82) is 0 Å². The quantitative estimate of drug-likeness (QED) is 0.775. The zero-order chi connectivity index (χ0) is 14.8. The highest BCUT2D eigenvalue weighted by atomic mass is 15.1. The fraction of sp³-hybridized carbons (Fsp3) is 0.474. The predicted molar refractivity (Wildman–Crippen MR) is 87.4 cm³/mol. The summed E-state index contributed by atoms with van der Waals surface area (Å²) >= 11 is 0. The fourth-order valence-corrected chi connectivity index (χ4v) is 4.67. The monoisotopic (exact) mass is 280 g/mol. The van der Waals surface area contributed by atoms with Gasteiger partial charge in [0.25, 0.3) is 0 Å². The van der Waals surface area contributed by atoms with Crippen molar-refractivity contribution in [1.82, 2.24) is 5.32 Å². The standard InChI is InChI=1S/C19H24N2/c1-11-8-13-9-16-14-6-4-5-7-17(14)19(20,21-3)18(16)10-15(13)12(11)2/h4-7,9-13,15,21H,8,20H2,1-3H3. The summed E-state index contributed by atoms with van der Waals surface area (Å²) in [6.45, 7) is 4.78. The summed E-state index contributed by atoms with van der Waals surface area (Å²) in [7, 11) is 1.97. The molecule has 3 N–H and O–H groups in total. The van der Waals surface area contributed by atoms with Gasteiger partial charge in [-0.25, -0.2) is 0 Å². The first-order valence-corrected chi connectivity index (χ1v) is 8.08. The first-order chi connectivity index (χ1) is 10.1. The van der Waals surface area contributed by atoms with E-state index in [9.17, 15) is 0 Å². The molecule has 0 spiro atoms. The van der Waals surface area contributed by atoms with E-state index in [2.05, 4.69) is 55.6 Å². The molecule has 5 atom stereocenters. The maximum Gasteiger partial charge on any atom is 0.119 e. The van der Waals surface area contributed by atoms with E-state index in [1.54, 1.807) is 0 Å². The summed E-state index contributed by atoms with van der Waals surface area (Å²) in [5, 5.41) is 3.37. The molecule has 1 fully saturated rings. The van der Waals surface area contributed by atoms with Crippen LogP contribution in [0.3, 0.4) is 0 Å². The maximum atomic E-state index is 6.77. The number of allylic oxidation sites excluding steroid dienone is 2. The van der Waals surface area contributed by atoms with Gasteiger partial charge < -0.3 is 5.73 Å². The van der Waals surface area contributed by atoms with Gasteiger partial charge in [-0.3, -0.25) is 5.32 Å². The predicted octanol–water partition coefficient (Wildman–Crippen LogP) is 3.26. The smallest absolute Gasteiger partial charge is 0.119 e. The second-order valence-electron chi connectivity index (χ2n) is 7.08. The summed E-state index contributed by atoms with van der Waals surface area (Å²) in [6, 6.07) is 8.57. The van der Waals surface area contributed by atoms with Crippen LogP contribution < -0.4 is 11.1 Å². The highest BCUT2D eigenvalue weighted by Gasteiger charge is 2.47. The van der Waals surface area contributed by atoms with Crippen molar-refractivity contribution in [2.75, 3.05) is 7.05 Å². The first kappa shape index (κ1) is 13.3. The van der Waals surface area contributed by atoms with Gasteiger partial charge in [-0.15, -0.1) is 0 Å². The molecule has 1 aromatic carbocycles. The molecule has 110 valence electrons. The van der Waals surface area contributed by atoms with Gasteiger partial charge >= 0.3 is 0 Å². The van der Waals surface area contributed by atoms with E-state index in [1.165, 1.54) is 28.7 Å². The minimum absolute atomic E-state index is 0.529. The minimum atomic E-state index is -0.529. The summed E-state index contributed by atoms with van der Waals surface area (Å²) in [5.41, 5.74) is 11.4. The van der Waals surface area contributed by atoms with Gasteiger partial charge in [-0.05, 0) is 59.4 Å². The van der Waals surface area contributed by atoms with Crippen LogP contribution in [-0.4, -0.2) is 7.05 Å². The van der Waals surface area contributed by atoms with Crippen molar-refractivity contribution in [2.24, 2.45) is 29.4 Å². The van der Waals surface area contributed by atoms with E-state index < -0.39 is 5.66 Å². The number of hydrogen-bond donors (Lipinski definition) is 2. The molecule has 0 radical (unpaired) electrons. The second kappa shape index (κ2) is 4.31. The van der Waals surface area contributed by atoms with Crippen molar-refractivity contribution in [3.8, 4) is 0 Å². The minimum Gasteiger partial charge on any atom is -0.306 e. The van der Waals surface area contributed by atoms with Crippen LogP contribution in [0.4, 0.5) is 0 Å². The van der Waals surface area contributed by atoms with Crippen molar-refractivity contribution >= 4 is 5.57 Å². The first-order valence-electron chi connectivity index (χ1n) is 8.08. The largest absolute Gasteiger partial charge is 0.306 e. The molecule has 2 heteroatoms. The van der Waals surface area contributed by atoms with Crippen molar-refractivity contribution < 1.29 is 0 Å². The van der Waals surface area contributed by atoms with Crippen molar-refractivity contribution in [2.45, 2.75) is 25.9 Å².